The molecule has 33 heavy (non-hydrogen) atoms. The molecule has 0 spiro atoms. The van der Waals surface area contributed by atoms with Gasteiger partial charge in [0, 0.05) is 38.9 Å². The minimum Gasteiger partial charge on any atom is -0.368 e. The number of nitrogens with zero attached hydrogens (tertiary/aromatic N) is 4. The van der Waals surface area contributed by atoms with Crippen molar-refractivity contribution < 1.29 is 18.0 Å². The third-order valence-corrected chi connectivity index (χ3v) is 8.09. The molecule has 2 aromatic carbocycles. The Morgan fingerprint density at radius 3 is 2.39 bits per heavy atom. The molecule has 1 aliphatic rings. The first-order valence-electron chi connectivity index (χ1n) is 10.6. The van der Waals surface area contributed by atoms with Crippen LogP contribution in [0.4, 0.5) is 5.69 Å². The van der Waals surface area contributed by atoms with Gasteiger partial charge in [0.15, 0.2) is 14.6 Å². The first-order valence-corrected chi connectivity index (χ1v) is 13.3. The fraction of sp³-hybridized carbons (Fsp3) is 0.348. The van der Waals surface area contributed by atoms with E-state index in [9.17, 15) is 18.0 Å². The molecular weight excluding hydrogens is 460 g/mol. The first kappa shape index (κ1) is 23.2. The van der Waals surface area contributed by atoms with E-state index < -0.39 is 33.2 Å². The van der Waals surface area contributed by atoms with E-state index >= 15 is 0 Å². The van der Waals surface area contributed by atoms with E-state index in [1.54, 1.807) is 16.5 Å². The van der Waals surface area contributed by atoms with Crippen molar-refractivity contribution in [1.82, 2.24) is 9.47 Å². The number of aryl methyl sites for hydroxylation is 2. The van der Waals surface area contributed by atoms with Gasteiger partial charge in [-0.1, -0.05) is 35.6 Å². The lowest BCUT2D eigenvalue weighted by Gasteiger charge is -2.36. The Balaban J connectivity index is 1.37. The van der Waals surface area contributed by atoms with E-state index in [4.69, 9.17) is 0 Å². The number of carbonyl (C=O) groups excluding carboxylic acids is 2. The van der Waals surface area contributed by atoms with Crippen molar-refractivity contribution in [2.75, 3.05) is 42.6 Å². The maximum absolute atomic E-state index is 12.6. The summed E-state index contributed by atoms with van der Waals surface area (Å²) in [5, 5.41) is 0. The number of aromatic nitrogens is 1. The lowest BCUT2D eigenvalue weighted by atomic mass is 10.2. The van der Waals surface area contributed by atoms with Crippen LogP contribution in [0.15, 0.2) is 53.5 Å². The molecule has 0 aliphatic carbocycles. The van der Waals surface area contributed by atoms with E-state index in [0.29, 0.717) is 31.0 Å². The van der Waals surface area contributed by atoms with Gasteiger partial charge in [-0.25, -0.2) is 8.42 Å². The molecule has 3 aromatic rings. The van der Waals surface area contributed by atoms with Gasteiger partial charge >= 0.3 is 0 Å². The maximum Gasteiger partial charge on any atom is 0.263 e. The molecule has 0 atom stereocenters. The number of hydrogen-bond acceptors (Lipinski definition) is 6. The van der Waals surface area contributed by atoms with Crippen molar-refractivity contribution in [3.05, 3.63) is 58.9 Å². The van der Waals surface area contributed by atoms with Gasteiger partial charge < -0.3 is 14.4 Å². The van der Waals surface area contributed by atoms with Crippen LogP contribution in [0.3, 0.4) is 0 Å². The highest BCUT2D eigenvalue weighted by Gasteiger charge is 2.27. The van der Waals surface area contributed by atoms with Gasteiger partial charge in [0.2, 0.25) is 5.91 Å². The largest absolute Gasteiger partial charge is 0.368 e. The predicted molar refractivity (Wildman–Crippen MR) is 130 cm³/mol. The molecule has 1 aromatic heterocycles. The number of carbonyl (C=O) groups is 2. The standard InChI is InChI=1S/C23H26N4O4S2/c1-17-8-9-19-20(14-17)32-23(25(19)2)24-21(28)15-33(30,31)16-22(29)27-12-10-26(11-13-27)18-6-4-3-5-7-18/h3-9,14H,10-13,15-16H2,1-2H3. The fourth-order valence-corrected chi connectivity index (χ4v) is 6.09. The van der Waals surface area contributed by atoms with Gasteiger partial charge in [0.1, 0.15) is 11.5 Å². The first-order chi connectivity index (χ1) is 15.7. The summed E-state index contributed by atoms with van der Waals surface area (Å²) >= 11 is 1.33. The highest BCUT2D eigenvalue weighted by Crippen LogP contribution is 2.18. The van der Waals surface area contributed by atoms with Gasteiger partial charge in [0.05, 0.1) is 10.2 Å². The number of rotatable bonds is 5. The van der Waals surface area contributed by atoms with Crippen molar-refractivity contribution >= 4 is 48.9 Å². The topological polar surface area (TPSA) is 92.0 Å². The van der Waals surface area contributed by atoms with Crippen LogP contribution >= 0.6 is 11.3 Å². The minimum absolute atomic E-state index is 0.430. The van der Waals surface area contributed by atoms with Crippen LogP contribution in [-0.4, -0.2) is 67.4 Å². The Morgan fingerprint density at radius 2 is 1.70 bits per heavy atom. The van der Waals surface area contributed by atoms with Crippen LogP contribution in [0.1, 0.15) is 5.56 Å². The van der Waals surface area contributed by atoms with Crippen molar-refractivity contribution in [3.63, 3.8) is 0 Å². The van der Waals surface area contributed by atoms with Crippen LogP contribution < -0.4 is 9.70 Å². The Labute approximate surface area is 196 Å². The summed E-state index contributed by atoms with van der Waals surface area (Å²) < 4.78 is 27.8. The van der Waals surface area contributed by atoms with Crippen LogP contribution in [0, 0.1) is 6.92 Å². The monoisotopic (exact) mass is 486 g/mol. The molecule has 0 saturated carbocycles. The second-order valence-electron chi connectivity index (χ2n) is 8.16. The van der Waals surface area contributed by atoms with Crippen molar-refractivity contribution in [1.29, 1.82) is 0 Å². The number of benzene rings is 2. The van der Waals surface area contributed by atoms with Gasteiger partial charge in [-0.15, -0.1) is 0 Å². The number of hydrogen-bond donors (Lipinski definition) is 0. The number of thiazole rings is 1. The van der Waals surface area contributed by atoms with E-state index in [2.05, 4.69) is 9.89 Å². The summed E-state index contributed by atoms with van der Waals surface area (Å²) in [6.45, 7) is 4.13. The van der Waals surface area contributed by atoms with Crippen molar-refractivity contribution in [2.24, 2.45) is 12.0 Å². The highest BCUT2D eigenvalue weighted by molar-refractivity contribution is 7.92. The van der Waals surface area contributed by atoms with E-state index in [0.717, 1.165) is 21.5 Å². The van der Waals surface area contributed by atoms with Gasteiger partial charge in [0.25, 0.3) is 5.91 Å². The average Bonchev–Trinajstić information content (AvgIpc) is 3.07. The Hall–Kier alpha value is -2.98. The van der Waals surface area contributed by atoms with E-state index in [1.807, 2.05) is 55.5 Å². The van der Waals surface area contributed by atoms with Crippen LogP contribution in [0.25, 0.3) is 10.2 Å². The average molecular weight is 487 g/mol. The zero-order chi connectivity index (χ0) is 23.6. The fourth-order valence-electron chi connectivity index (χ4n) is 3.86. The molecule has 1 saturated heterocycles. The zero-order valence-corrected chi connectivity index (χ0v) is 20.2. The Kier molecular flexibility index (Phi) is 6.66. The second kappa shape index (κ2) is 9.48. The molecule has 0 N–H and O–H groups in total. The third kappa shape index (κ3) is 5.51. The highest BCUT2D eigenvalue weighted by atomic mass is 32.2. The molecular formula is C23H26N4O4S2. The predicted octanol–water partition coefficient (Wildman–Crippen LogP) is 1.74. The van der Waals surface area contributed by atoms with Gasteiger partial charge in [-0.2, -0.15) is 4.99 Å². The zero-order valence-electron chi connectivity index (χ0n) is 18.6. The molecule has 1 fully saturated rings. The number of para-hydroxylation sites is 1. The van der Waals surface area contributed by atoms with Crippen LogP contribution in [0.5, 0.6) is 0 Å². The minimum atomic E-state index is -3.92. The number of sulfone groups is 1. The lowest BCUT2D eigenvalue weighted by Crippen LogP contribution is -2.50. The summed E-state index contributed by atoms with van der Waals surface area (Å²) in [7, 11) is -2.13. The van der Waals surface area contributed by atoms with Crippen molar-refractivity contribution in [3.8, 4) is 0 Å². The van der Waals surface area contributed by atoms with Crippen molar-refractivity contribution in [2.45, 2.75) is 6.92 Å². The summed E-state index contributed by atoms with van der Waals surface area (Å²) in [5.74, 6) is -2.71. The molecule has 0 radical (unpaired) electrons. The molecule has 4 rings (SSSR count). The Bertz CT molecular complexity index is 1350. The Morgan fingerprint density at radius 1 is 1.00 bits per heavy atom. The normalized spacial score (nSPS) is 15.3. The number of piperazine rings is 1. The van der Waals surface area contributed by atoms with E-state index in [1.165, 1.54) is 11.3 Å². The summed E-state index contributed by atoms with van der Waals surface area (Å²) in [6.07, 6.45) is 0. The smallest absolute Gasteiger partial charge is 0.263 e. The van der Waals surface area contributed by atoms with Crippen LogP contribution in [0.2, 0.25) is 0 Å². The number of amides is 2. The lowest BCUT2D eigenvalue weighted by molar-refractivity contribution is -0.128. The molecule has 174 valence electrons. The summed E-state index contributed by atoms with van der Waals surface area (Å²) in [4.78, 5) is 33.1. The second-order valence-corrected chi connectivity index (χ2v) is 11.2. The van der Waals surface area contributed by atoms with Gasteiger partial charge in [-0.05, 0) is 36.8 Å². The third-order valence-electron chi connectivity index (χ3n) is 5.63. The molecule has 1 aliphatic heterocycles. The molecule has 0 bridgehead atoms. The maximum atomic E-state index is 12.6. The van der Waals surface area contributed by atoms with E-state index in [-0.39, 0.29) is 0 Å². The molecule has 2 heterocycles. The summed E-state index contributed by atoms with van der Waals surface area (Å²) in [5.41, 5.74) is 3.09. The molecule has 8 nitrogen and oxygen atoms in total. The number of fused-ring (bicyclic) bond motifs is 1. The quantitative estimate of drug-likeness (QED) is 0.548. The molecule has 0 unspecified atom stereocenters. The SMILES string of the molecule is Cc1ccc2c(c1)sc(=NC(=O)CS(=O)(=O)CC(=O)N1CCN(c3ccccc3)CC1)n2C. The van der Waals surface area contributed by atoms with Crippen LogP contribution in [-0.2, 0) is 26.5 Å². The molecule has 2 amide bonds. The summed E-state index contributed by atoms with van der Waals surface area (Å²) in [6, 6.07) is 15.8. The number of anilines is 1. The molecule has 10 heteroatoms. The van der Waals surface area contributed by atoms with Gasteiger partial charge in [-0.3, -0.25) is 9.59 Å².